The van der Waals surface area contributed by atoms with Gasteiger partial charge in [-0.15, -0.1) is 0 Å². The molecule has 0 heterocycles. The Morgan fingerprint density at radius 1 is 1.21 bits per heavy atom. The third-order valence-electron chi connectivity index (χ3n) is 2.71. The Morgan fingerprint density at radius 3 is 2.50 bits per heavy atom. The highest BCUT2D eigenvalue weighted by atomic mass is 15.1. The van der Waals surface area contributed by atoms with Gasteiger partial charge in [0.25, 0.3) is 0 Å². The van der Waals surface area contributed by atoms with Gasteiger partial charge in [0, 0.05) is 6.04 Å². The van der Waals surface area contributed by atoms with Crippen LogP contribution in [0.15, 0.2) is 0 Å². The van der Waals surface area contributed by atoms with Crippen LogP contribution in [0.4, 0.5) is 0 Å². The summed E-state index contributed by atoms with van der Waals surface area (Å²) in [6, 6.07) is 0.696. The molecule has 0 saturated carbocycles. The second kappa shape index (κ2) is 9.47. The summed E-state index contributed by atoms with van der Waals surface area (Å²) < 4.78 is 0. The quantitative estimate of drug-likeness (QED) is 0.575. The van der Waals surface area contributed by atoms with Crippen LogP contribution in [0.1, 0.15) is 46.5 Å². The first kappa shape index (κ1) is 13.9. The maximum atomic E-state index is 3.52. The maximum absolute atomic E-state index is 3.52. The van der Waals surface area contributed by atoms with Crippen LogP contribution < -0.4 is 5.32 Å². The summed E-state index contributed by atoms with van der Waals surface area (Å²) in [5, 5.41) is 3.52. The molecule has 2 nitrogen and oxygen atoms in total. The van der Waals surface area contributed by atoms with Gasteiger partial charge in [0.1, 0.15) is 0 Å². The molecule has 0 bridgehead atoms. The largest absolute Gasteiger partial charge is 0.314 e. The topological polar surface area (TPSA) is 15.3 Å². The van der Waals surface area contributed by atoms with Crippen LogP contribution in [0.2, 0.25) is 0 Å². The first-order valence-corrected chi connectivity index (χ1v) is 6.12. The van der Waals surface area contributed by atoms with Crippen molar-refractivity contribution >= 4 is 0 Å². The average Bonchev–Trinajstić information content (AvgIpc) is 2.21. The van der Waals surface area contributed by atoms with E-state index in [4.69, 9.17) is 0 Å². The molecule has 0 aromatic rings. The zero-order valence-corrected chi connectivity index (χ0v) is 10.5. The molecular weight excluding hydrogens is 172 g/mol. The zero-order chi connectivity index (χ0) is 10.8. The molecule has 0 rings (SSSR count). The number of nitrogens with one attached hydrogen (secondary N) is 1. The maximum Gasteiger partial charge on any atom is 0.00387 e. The first-order chi connectivity index (χ1) is 6.70. The van der Waals surface area contributed by atoms with Crippen molar-refractivity contribution in [2.75, 3.05) is 26.7 Å². The second-order valence-electron chi connectivity index (χ2n) is 4.25. The van der Waals surface area contributed by atoms with E-state index < -0.39 is 0 Å². The number of nitrogens with zero attached hydrogens (tertiary/aromatic N) is 1. The number of hydrogen-bond donors (Lipinski definition) is 1. The van der Waals surface area contributed by atoms with E-state index in [0.29, 0.717) is 6.04 Å². The van der Waals surface area contributed by atoms with Crippen LogP contribution in [-0.2, 0) is 0 Å². The highest BCUT2D eigenvalue weighted by Crippen LogP contribution is 2.01. The van der Waals surface area contributed by atoms with Crippen molar-refractivity contribution in [1.82, 2.24) is 10.2 Å². The third-order valence-corrected chi connectivity index (χ3v) is 2.71. The molecular formula is C12H28N2. The fourth-order valence-electron chi connectivity index (χ4n) is 1.48. The molecule has 1 unspecified atom stereocenters. The molecule has 2 heteroatoms. The monoisotopic (exact) mass is 200 g/mol. The van der Waals surface area contributed by atoms with Crippen LogP contribution in [0.5, 0.6) is 0 Å². The van der Waals surface area contributed by atoms with Gasteiger partial charge >= 0.3 is 0 Å². The molecule has 86 valence electrons. The van der Waals surface area contributed by atoms with Gasteiger partial charge in [-0.1, -0.05) is 20.3 Å². The Kier molecular flexibility index (Phi) is 9.42. The predicted molar refractivity (Wildman–Crippen MR) is 64.8 cm³/mol. The van der Waals surface area contributed by atoms with Gasteiger partial charge in [-0.2, -0.15) is 0 Å². The fraction of sp³-hybridized carbons (Fsp3) is 1.00. The van der Waals surface area contributed by atoms with Crippen molar-refractivity contribution in [3.8, 4) is 0 Å². The molecule has 0 radical (unpaired) electrons. The van der Waals surface area contributed by atoms with Gasteiger partial charge in [0.15, 0.2) is 0 Å². The number of rotatable bonds is 9. The minimum atomic E-state index is 0.696. The molecule has 0 fully saturated rings. The Labute approximate surface area is 90.1 Å². The normalized spacial score (nSPS) is 13.5. The van der Waals surface area contributed by atoms with Crippen molar-refractivity contribution < 1.29 is 0 Å². The van der Waals surface area contributed by atoms with Crippen molar-refractivity contribution in [2.24, 2.45) is 0 Å². The lowest BCUT2D eigenvalue weighted by Crippen LogP contribution is -2.27. The summed E-state index contributed by atoms with van der Waals surface area (Å²) in [5.41, 5.74) is 0. The van der Waals surface area contributed by atoms with Crippen LogP contribution in [-0.4, -0.2) is 37.6 Å². The highest BCUT2D eigenvalue weighted by molar-refractivity contribution is 4.60. The molecule has 0 aliphatic rings. The smallest absolute Gasteiger partial charge is 0.00387 e. The summed E-state index contributed by atoms with van der Waals surface area (Å²) in [6.07, 6.45) is 5.24. The summed E-state index contributed by atoms with van der Waals surface area (Å²) in [4.78, 5) is 2.38. The molecule has 0 amide bonds. The lowest BCUT2D eigenvalue weighted by Gasteiger charge is -2.15. The van der Waals surface area contributed by atoms with Gasteiger partial charge in [-0.25, -0.2) is 0 Å². The van der Waals surface area contributed by atoms with E-state index in [1.54, 1.807) is 0 Å². The lowest BCUT2D eigenvalue weighted by atomic mass is 10.1. The summed E-state index contributed by atoms with van der Waals surface area (Å²) >= 11 is 0. The van der Waals surface area contributed by atoms with Gasteiger partial charge in [-0.05, 0) is 52.9 Å². The van der Waals surface area contributed by atoms with E-state index in [1.807, 2.05) is 0 Å². The van der Waals surface area contributed by atoms with Gasteiger partial charge in [0.2, 0.25) is 0 Å². The van der Waals surface area contributed by atoms with E-state index in [1.165, 1.54) is 38.8 Å². The van der Waals surface area contributed by atoms with E-state index >= 15 is 0 Å². The van der Waals surface area contributed by atoms with Crippen molar-refractivity contribution in [2.45, 2.75) is 52.5 Å². The molecule has 0 spiro atoms. The number of hydrogen-bond acceptors (Lipinski definition) is 2. The second-order valence-corrected chi connectivity index (χ2v) is 4.25. The Balaban J connectivity index is 3.18. The van der Waals surface area contributed by atoms with Gasteiger partial charge < -0.3 is 10.2 Å². The minimum Gasteiger partial charge on any atom is -0.314 e. The van der Waals surface area contributed by atoms with Crippen LogP contribution in [0.25, 0.3) is 0 Å². The van der Waals surface area contributed by atoms with Gasteiger partial charge in [-0.3, -0.25) is 0 Å². The third kappa shape index (κ3) is 8.52. The van der Waals surface area contributed by atoms with Crippen molar-refractivity contribution in [1.29, 1.82) is 0 Å². The van der Waals surface area contributed by atoms with E-state index in [-0.39, 0.29) is 0 Å². The molecule has 1 atom stereocenters. The van der Waals surface area contributed by atoms with Gasteiger partial charge in [0.05, 0.1) is 0 Å². The Morgan fingerprint density at radius 2 is 1.93 bits per heavy atom. The van der Waals surface area contributed by atoms with E-state index in [0.717, 1.165) is 6.54 Å². The molecule has 0 saturated heterocycles. The Hall–Kier alpha value is -0.0800. The Bertz CT molecular complexity index is 115. The van der Waals surface area contributed by atoms with E-state index in [9.17, 15) is 0 Å². The molecule has 0 aliphatic carbocycles. The highest BCUT2D eigenvalue weighted by Gasteiger charge is 2.00. The van der Waals surface area contributed by atoms with Crippen molar-refractivity contribution in [3.63, 3.8) is 0 Å². The van der Waals surface area contributed by atoms with Crippen LogP contribution in [0.3, 0.4) is 0 Å². The van der Waals surface area contributed by atoms with E-state index in [2.05, 4.69) is 38.0 Å². The average molecular weight is 200 g/mol. The molecule has 0 aromatic heterocycles. The fourth-order valence-corrected chi connectivity index (χ4v) is 1.48. The first-order valence-electron chi connectivity index (χ1n) is 6.12. The summed E-state index contributed by atoms with van der Waals surface area (Å²) in [6.45, 7) is 10.3. The molecule has 14 heavy (non-hydrogen) atoms. The van der Waals surface area contributed by atoms with Crippen LogP contribution >= 0.6 is 0 Å². The minimum absolute atomic E-state index is 0.696. The summed E-state index contributed by atoms with van der Waals surface area (Å²) in [7, 11) is 2.19. The summed E-state index contributed by atoms with van der Waals surface area (Å²) in [5.74, 6) is 0. The standard InChI is InChI=1S/C12H28N2/c1-5-10-13-12(3)9-7-8-11-14(4)6-2/h12-13H,5-11H2,1-4H3. The predicted octanol–water partition coefficient (Wildman–Crippen LogP) is 2.50. The SMILES string of the molecule is CCCNC(C)CCCCN(C)CC. The zero-order valence-electron chi connectivity index (χ0n) is 10.5. The lowest BCUT2D eigenvalue weighted by molar-refractivity contribution is 0.337. The van der Waals surface area contributed by atoms with Crippen molar-refractivity contribution in [3.05, 3.63) is 0 Å². The number of unbranched alkanes of at least 4 members (excludes halogenated alkanes) is 1. The molecule has 0 aliphatic heterocycles. The van der Waals surface area contributed by atoms with Crippen LogP contribution in [0, 0.1) is 0 Å². The molecule has 1 N–H and O–H groups in total. The molecule has 0 aromatic carbocycles.